The van der Waals surface area contributed by atoms with Crippen molar-refractivity contribution in [3.63, 3.8) is 0 Å². The van der Waals surface area contributed by atoms with Crippen molar-refractivity contribution in [3.05, 3.63) is 29.8 Å². The van der Waals surface area contributed by atoms with Crippen molar-refractivity contribution in [2.45, 2.75) is 32.3 Å². The molecule has 1 aliphatic heterocycles. The molecule has 0 aromatic heterocycles. The van der Waals surface area contributed by atoms with E-state index in [0.717, 1.165) is 25.3 Å². The SMILES string of the molecule is CC(C)c1ccccc1O[C@@H]1CCNC1. The third kappa shape index (κ3) is 2.51. The molecule has 0 bridgehead atoms. The lowest BCUT2D eigenvalue weighted by Gasteiger charge is -2.17. The molecule has 1 atom stereocenters. The first kappa shape index (κ1) is 10.5. The van der Waals surface area contributed by atoms with Crippen LogP contribution in [0.4, 0.5) is 0 Å². The molecule has 1 N–H and O–H groups in total. The normalized spacial score (nSPS) is 20.9. The van der Waals surface area contributed by atoms with Gasteiger partial charge in [0.25, 0.3) is 0 Å². The van der Waals surface area contributed by atoms with Crippen molar-refractivity contribution in [2.24, 2.45) is 0 Å². The third-order valence-electron chi connectivity index (χ3n) is 2.85. The first-order valence-corrected chi connectivity index (χ1v) is 5.73. The van der Waals surface area contributed by atoms with Crippen LogP contribution in [0.1, 0.15) is 31.7 Å². The monoisotopic (exact) mass is 205 g/mol. The Balaban J connectivity index is 2.12. The lowest BCUT2D eigenvalue weighted by molar-refractivity contribution is 0.220. The minimum atomic E-state index is 0.352. The smallest absolute Gasteiger partial charge is 0.123 e. The van der Waals surface area contributed by atoms with Crippen LogP contribution in [0.3, 0.4) is 0 Å². The number of ether oxygens (including phenoxy) is 1. The average molecular weight is 205 g/mol. The number of para-hydroxylation sites is 1. The standard InChI is InChI=1S/C13H19NO/c1-10(2)12-5-3-4-6-13(12)15-11-7-8-14-9-11/h3-6,10-11,14H,7-9H2,1-2H3/t11-/m1/s1. The van der Waals surface area contributed by atoms with Crippen LogP contribution < -0.4 is 10.1 Å². The van der Waals surface area contributed by atoms with Crippen LogP contribution in [0.25, 0.3) is 0 Å². The van der Waals surface area contributed by atoms with Crippen molar-refractivity contribution < 1.29 is 4.74 Å². The molecule has 1 aromatic rings. The zero-order chi connectivity index (χ0) is 10.7. The first-order chi connectivity index (χ1) is 7.27. The summed E-state index contributed by atoms with van der Waals surface area (Å²) >= 11 is 0. The first-order valence-electron chi connectivity index (χ1n) is 5.73. The maximum atomic E-state index is 6.01. The Morgan fingerprint density at radius 2 is 2.13 bits per heavy atom. The Morgan fingerprint density at radius 1 is 1.33 bits per heavy atom. The molecule has 1 heterocycles. The van der Waals surface area contributed by atoms with Gasteiger partial charge >= 0.3 is 0 Å². The van der Waals surface area contributed by atoms with Crippen molar-refractivity contribution in [1.82, 2.24) is 5.32 Å². The van der Waals surface area contributed by atoms with Crippen LogP contribution >= 0.6 is 0 Å². The highest BCUT2D eigenvalue weighted by atomic mass is 16.5. The van der Waals surface area contributed by atoms with Gasteiger partial charge in [-0.05, 0) is 30.5 Å². The van der Waals surface area contributed by atoms with Crippen molar-refractivity contribution >= 4 is 0 Å². The zero-order valence-corrected chi connectivity index (χ0v) is 9.49. The van der Waals surface area contributed by atoms with Crippen LogP contribution in [0.2, 0.25) is 0 Å². The van der Waals surface area contributed by atoms with Gasteiger partial charge in [-0.1, -0.05) is 32.0 Å². The Bertz CT molecular complexity index is 316. The van der Waals surface area contributed by atoms with E-state index in [1.54, 1.807) is 0 Å². The summed E-state index contributed by atoms with van der Waals surface area (Å²) in [4.78, 5) is 0. The molecule has 1 aliphatic rings. The predicted octanol–water partition coefficient (Wildman–Crippen LogP) is 2.55. The lowest BCUT2D eigenvalue weighted by atomic mass is 10.0. The molecule has 0 unspecified atom stereocenters. The van der Waals surface area contributed by atoms with Gasteiger partial charge in [0.2, 0.25) is 0 Å². The molecule has 2 nitrogen and oxygen atoms in total. The molecule has 82 valence electrons. The molecule has 15 heavy (non-hydrogen) atoms. The Kier molecular flexibility index (Phi) is 3.27. The van der Waals surface area contributed by atoms with E-state index in [-0.39, 0.29) is 0 Å². The fourth-order valence-corrected chi connectivity index (χ4v) is 1.97. The van der Waals surface area contributed by atoms with Gasteiger partial charge in [0, 0.05) is 6.54 Å². The number of benzene rings is 1. The minimum absolute atomic E-state index is 0.352. The van der Waals surface area contributed by atoms with E-state index in [9.17, 15) is 0 Å². The summed E-state index contributed by atoms with van der Waals surface area (Å²) in [5, 5.41) is 3.32. The summed E-state index contributed by atoms with van der Waals surface area (Å²) in [6, 6.07) is 8.36. The van der Waals surface area contributed by atoms with Crippen LogP contribution in [0.5, 0.6) is 5.75 Å². The molecule has 0 amide bonds. The second-order valence-electron chi connectivity index (χ2n) is 4.43. The molecule has 2 heteroatoms. The Labute approximate surface area is 91.6 Å². The zero-order valence-electron chi connectivity index (χ0n) is 9.49. The Hall–Kier alpha value is -1.02. The molecule has 0 spiro atoms. The molecule has 0 aliphatic carbocycles. The van der Waals surface area contributed by atoms with Gasteiger partial charge in [-0.15, -0.1) is 0 Å². The van der Waals surface area contributed by atoms with E-state index in [1.807, 2.05) is 6.07 Å². The molecule has 2 rings (SSSR count). The molecule has 0 radical (unpaired) electrons. The fraction of sp³-hybridized carbons (Fsp3) is 0.538. The molecule has 1 fully saturated rings. The van der Waals surface area contributed by atoms with E-state index in [2.05, 4.69) is 37.4 Å². The quantitative estimate of drug-likeness (QED) is 0.818. The van der Waals surface area contributed by atoms with Gasteiger partial charge in [0.1, 0.15) is 11.9 Å². The maximum Gasteiger partial charge on any atom is 0.123 e. The summed E-state index contributed by atoms with van der Waals surface area (Å²) in [5.74, 6) is 1.58. The van der Waals surface area contributed by atoms with Gasteiger partial charge in [-0.25, -0.2) is 0 Å². The van der Waals surface area contributed by atoms with Gasteiger partial charge < -0.3 is 10.1 Å². The van der Waals surface area contributed by atoms with Crippen LogP contribution in [0, 0.1) is 0 Å². The van der Waals surface area contributed by atoms with Gasteiger partial charge in [0.15, 0.2) is 0 Å². The highest BCUT2D eigenvalue weighted by molar-refractivity contribution is 5.35. The van der Waals surface area contributed by atoms with Crippen molar-refractivity contribution in [1.29, 1.82) is 0 Å². The lowest BCUT2D eigenvalue weighted by Crippen LogP contribution is -2.20. The summed E-state index contributed by atoms with van der Waals surface area (Å²) < 4.78 is 6.01. The predicted molar refractivity (Wildman–Crippen MR) is 62.4 cm³/mol. The average Bonchev–Trinajstić information content (AvgIpc) is 2.71. The van der Waals surface area contributed by atoms with Crippen LogP contribution in [-0.4, -0.2) is 19.2 Å². The summed E-state index contributed by atoms with van der Waals surface area (Å²) in [7, 11) is 0. The van der Waals surface area contributed by atoms with Crippen LogP contribution in [0.15, 0.2) is 24.3 Å². The van der Waals surface area contributed by atoms with Gasteiger partial charge in [0.05, 0.1) is 0 Å². The molecule has 1 aromatic carbocycles. The fourth-order valence-electron chi connectivity index (χ4n) is 1.97. The maximum absolute atomic E-state index is 6.01. The largest absolute Gasteiger partial charge is 0.489 e. The number of hydrogen-bond acceptors (Lipinski definition) is 2. The van der Waals surface area contributed by atoms with E-state index in [4.69, 9.17) is 4.74 Å². The van der Waals surface area contributed by atoms with E-state index in [1.165, 1.54) is 5.56 Å². The van der Waals surface area contributed by atoms with Gasteiger partial charge in [-0.2, -0.15) is 0 Å². The third-order valence-corrected chi connectivity index (χ3v) is 2.85. The summed E-state index contributed by atoms with van der Waals surface area (Å²) in [6.07, 6.45) is 1.47. The van der Waals surface area contributed by atoms with E-state index < -0.39 is 0 Å². The second kappa shape index (κ2) is 4.67. The minimum Gasteiger partial charge on any atom is -0.489 e. The topological polar surface area (TPSA) is 21.3 Å². The molecule has 1 saturated heterocycles. The molecular weight excluding hydrogens is 186 g/mol. The number of rotatable bonds is 3. The van der Waals surface area contributed by atoms with E-state index >= 15 is 0 Å². The van der Waals surface area contributed by atoms with Crippen molar-refractivity contribution in [3.8, 4) is 5.75 Å². The number of nitrogens with one attached hydrogen (secondary N) is 1. The second-order valence-corrected chi connectivity index (χ2v) is 4.43. The molecule has 0 saturated carbocycles. The van der Waals surface area contributed by atoms with Crippen molar-refractivity contribution in [2.75, 3.05) is 13.1 Å². The molecular formula is C13H19NO. The Morgan fingerprint density at radius 3 is 2.80 bits per heavy atom. The van der Waals surface area contributed by atoms with Gasteiger partial charge in [-0.3, -0.25) is 0 Å². The number of hydrogen-bond donors (Lipinski definition) is 1. The van der Waals surface area contributed by atoms with E-state index in [0.29, 0.717) is 12.0 Å². The highest BCUT2D eigenvalue weighted by Crippen LogP contribution is 2.27. The summed E-state index contributed by atoms with van der Waals surface area (Å²) in [5.41, 5.74) is 1.31. The van der Waals surface area contributed by atoms with Crippen LogP contribution in [-0.2, 0) is 0 Å². The highest BCUT2D eigenvalue weighted by Gasteiger charge is 2.17. The summed E-state index contributed by atoms with van der Waals surface area (Å²) in [6.45, 7) is 6.46.